The number of hydrogen-bond donors (Lipinski definition) is 2. The molecule has 0 saturated carbocycles. The predicted molar refractivity (Wildman–Crippen MR) is 87.1 cm³/mol. The third-order valence-electron chi connectivity index (χ3n) is 3.50. The van der Waals surface area contributed by atoms with Crippen LogP contribution in [0.5, 0.6) is 0 Å². The molecular weight excluding hydrogens is 270 g/mol. The molecule has 4 nitrogen and oxygen atoms in total. The van der Waals surface area contributed by atoms with E-state index in [4.69, 9.17) is 12.2 Å². The van der Waals surface area contributed by atoms with E-state index in [1.165, 1.54) is 0 Å². The van der Waals surface area contributed by atoms with Gasteiger partial charge in [-0.3, -0.25) is 4.79 Å². The molecule has 2 N–H and O–H groups in total. The number of anilines is 2. The molecule has 0 aromatic heterocycles. The fraction of sp³-hybridized carbons (Fsp3) is 0.467. The molecule has 1 fully saturated rings. The summed E-state index contributed by atoms with van der Waals surface area (Å²) in [6, 6.07) is 8.17. The lowest BCUT2D eigenvalue weighted by molar-refractivity contribution is -0.117. The van der Waals surface area contributed by atoms with Crippen molar-refractivity contribution in [3.05, 3.63) is 24.3 Å². The van der Waals surface area contributed by atoms with Gasteiger partial charge in [0, 0.05) is 30.4 Å². The topological polar surface area (TPSA) is 44.4 Å². The number of benzene rings is 1. The van der Waals surface area contributed by atoms with E-state index in [0.29, 0.717) is 17.6 Å². The van der Waals surface area contributed by atoms with Crippen LogP contribution in [0.2, 0.25) is 0 Å². The van der Waals surface area contributed by atoms with Crippen LogP contribution < -0.4 is 15.5 Å². The minimum absolute atomic E-state index is 0.208. The van der Waals surface area contributed by atoms with Crippen LogP contribution in [-0.2, 0) is 4.79 Å². The fourth-order valence-corrected chi connectivity index (χ4v) is 2.46. The molecule has 1 amide bonds. The van der Waals surface area contributed by atoms with Crippen LogP contribution >= 0.6 is 12.2 Å². The van der Waals surface area contributed by atoms with Crippen molar-refractivity contribution in [2.24, 2.45) is 0 Å². The average Bonchev–Trinajstić information content (AvgIpc) is 2.85. The van der Waals surface area contributed by atoms with Gasteiger partial charge in [0.25, 0.3) is 0 Å². The smallest absolute Gasteiger partial charge is 0.227 e. The summed E-state index contributed by atoms with van der Waals surface area (Å²) >= 11 is 5.25. The van der Waals surface area contributed by atoms with Crippen LogP contribution in [0.3, 0.4) is 0 Å². The van der Waals surface area contributed by atoms with E-state index in [2.05, 4.69) is 24.5 Å². The monoisotopic (exact) mass is 291 g/mol. The van der Waals surface area contributed by atoms with Gasteiger partial charge in [0.2, 0.25) is 5.91 Å². The zero-order chi connectivity index (χ0) is 14.5. The summed E-state index contributed by atoms with van der Waals surface area (Å²) in [6.07, 6.45) is 2.63. The van der Waals surface area contributed by atoms with Gasteiger partial charge < -0.3 is 15.5 Å². The Hall–Kier alpha value is -1.62. The Kier molecular flexibility index (Phi) is 4.95. The van der Waals surface area contributed by atoms with E-state index in [1.54, 1.807) is 0 Å². The minimum Gasteiger partial charge on any atom is -0.360 e. The maximum Gasteiger partial charge on any atom is 0.227 e. The summed E-state index contributed by atoms with van der Waals surface area (Å²) in [4.78, 5) is 13.5. The van der Waals surface area contributed by atoms with Crippen molar-refractivity contribution in [1.29, 1.82) is 0 Å². The maximum absolute atomic E-state index is 11.7. The number of thiocarbonyl (C=S) groups is 1. The molecule has 0 aliphatic carbocycles. The third kappa shape index (κ3) is 3.70. The van der Waals surface area contributed by atoms with Crippen LogP contribution in [0.1, 0.15) is 33.1 Å². The zero-order valence-electron chi connectivity index (χ0n) is 12.0. The molecule has 0 radical (unpaired) electrons. The Balaban J connectivity index is 1.94. The minimum atomic E-state index is 0.208. The predicted octanol–water partition coefficient (Wildman–Crippen LogP) is 2.90. The standard InChI is InChI=1S/C15H21N3OS/c1-3-11(2)16-15(20)17-12-6-8-13(9-7-12)18-10-4-5-14(18)19/h6-9,11H,3-5,10H2,1-2H3,(H2,16,17,20)/t11-/m0/s1. The first-order valence-electron chi connectivity index (χ1n) is 7.08. The van der Waals surface area contributed by atoms with Crippen molar-refractivity contribution in [3.63, 3.8) is 0 Å². The summed E-state index contributed by atoms with van der Waals surface area (Å²) < 4.78 is 0. The van der Waals surface area contributed by atoms with Gasteiger partial charge in [-0.1, -0.05) is 6.92 Å². The SMILES string of the molecule is CC[C@H](C)NC(=S)Nc1ccc(N2CCCC2=O)cc1. The molecule has 0 spiro atoms. The normalized spacial score (nSPS) is 16.1. The van der Waals surface area contributed by atoms with E-state index >= 15 is 0 Å². The fourth-order valence-electron chi connectivity index (χ4n) is 2.14. The number of carbonyl (C=O) groups is 1. The van der Waals surface area contributed by atoms with Gasteiger partial charge in [-0.25, -0.2) is 0 Å². The summed E-state index contributed by atoms with van der Waals surface area (Å²) in [5, 5.41) is 6.99. The molecule has 20 heavy (non-hydrogen) atoms. The highest BCUT2D eigenvalue weighted by Crippen LogP contribution is 2.22. The number of carbonyl (C=O) groups excluding carboxylic acids is 1. The molecule has 1 aliphatic heterocycles. The molecule has 1 aliphatic rings. The maximum atomic E-state index is 11.7. The van der Waals surface area contributed by atoms with Crippen LogP contribution in [0.15, 0.2) is 24.3 Å². The lowest BCUT2D eigenvalue weighted by atomic mass is 10.2. The van der Waals surface area contributed by atoms with Gasteiger partial charge in [0.05, 0.1) is 0 Å². The van der Waals surface area contributed by atoms with Crippen LogP contribution in [-0.4, -0.2) is 23.6 Å². The summed E-state index contributed by atoms with van der Waals surface area (Å²) in [6.45, 7) is 5.03. The van der Waals surface area contributed by atoms with Crippen LogP contribution in [0.25, 0.3) is 0 Å². The molecule has 2 rings (SSSR count). The van der Waals surface area contributed by atoms with Crippen molar-refractivity contribution < 1.29 is 4.79 Å². The summed E-state index contributed by atoms with van der Waals surface area (Å²) in [5.74, 6) is 0.208. The number of amides is 1. The molecule has 108 valence electrons. The quantitative estimate of drug-likeness (QED) is 0.837. The highest BCUT2D eigenvalue weighted by Gasteiger charge is 2.21. The molecule has 1 heterocycles. The van der Waals surface area contributed by atoms with E-state index < -0.39 is 0 Å². The van der Waals surface area contributed by atoms with Gasteiger partial charge >= 0.3 is 0 Å². The largest absolute Gasteiger partial charge is 0.360 e. The second-order valence-corrected chi connectivity index (χ2v) is 5.51. The van der Waals surface area contributed by atoms with Gasteiger partial charge in [0.1, 0.15) is 0 Å². The second kappa shape index (κ2) is 6.70. The van der Waals surface area contributed by atoms with Crippen molar-refractivity contribution in [3.8, 4) is 0 Å². The van der Waals surface area contributed by atoms with Gasteiger partial charge in [-0.05, 0) is 56.2 Å². The van der Waals surface area contributed by atoms with E-state index in [1.807, 2.05) is 29.2 Å². The van der Waals surface area contributed by atoms with E-state index in [9.17, 15) is 4.79 Å². The Morgan fingerprint density at radius 3 is 2.65 bits per heavy atom. The van der Waals surface area contributed by atoms with Crippen LogP contribution in [0.4, 0.5) is 11.4 Å². The molecule has 1 saturated heterocycles. The average molecular weight is 291 g/mol. The lowest BCUT2D eigenvalue weighted by Gasteiger charge is -2.17. The first-order valence-corrected chi connectivity index (χ1v) is 7.49. The molecule has 1 aromatic rings. The first-order chi connectivity index (χ1) is 9.60. The van der Waals surface area contributed by atoms with E-state index in [-0.39, 0.29) is 5.91 Å². The van der Waals surface area contributed by atoms with Gasteiger partial charge in [-0.15, -0.1) is 0 Å². The number of hydrogen-bond acceptors (Lipinski definition) is 2. The van der Waals surface area contributed by atoms with Crippen molar-refractivity contribution in [2.45, 2.75) is 39.2 Å². The number of nitrogens with one attached hydrogen (secondary N) is 2. The molecular formula is C15H21N3OS. The Labute approximate surface area is 125 Å². The zero-order valence-corrected chi connectivity index (χ0v) is 12.8. The van der Waals surface area contributed by atoms with Crippen molar-refractivity contribution in [2.75, 3.05) is 16.8 Å². The lowest BCUT2D eigenvalue weighted by Crippen LogP contribution is -2.35. The summed E-state index contributed by atoms with van der Waals surface area (Å²) in [7, 11) is 0. The van der Waals surface area contributed by atoms with Crippen molar-refractivity contribution >= 4 is 34.6 Å². The Morgan fingerprint density at radius 2 is 2.10 bits per heavy atom. The second-order valence-electron chi connectivity index (χ2n) is 5.10. The molecule has 5 heteroatoms. The Morgan fingerprint density at radius 1 is 1.40 bits per heavy atom. The van der Waals surface area contributed by atoms with Gasteiger partial charge in [-0.2, -0.15) is 0 Å². The highest BCUT2D eigenvalue weighted by molar-refractivity contribution is 7.80. The first kappa shape index (κ1) is 14.8. The van der Waals surface area contributed by atoms with Crippen molar-refractivity contribution in [1.82, 2.24) is 5.32 Å². The number of nitrogens with zero attached hydrogens (tertiary/aromatic N) is 1. The van der Waals surface area contributed by atoms with Gasteiger partial charge in [0.15, 0.2) is 5.11 Å². The highest BCUT2D eigenvalue weighted by atomic mass is 32.1. The number of rotatable bonds is 4. The Bertz CT molecular complexity index is 486. The molecule has 0 unspecified atom stereocenters. The third-order valence-corrected chi connectivity index (χ3v) is 3.72. The molecule has 1 aromatic carbocycles. The van der Waals surface area contributed by atoms with E-state index in [0.717, 1.165) is 30.8 Å². The summed E-state index contributed by atoms with van der Waals surface area (Å²) in [5.41, 5.74) is 1.89. The van der Waals surface area contributed by atoms with Crippen LogP contribution in [0, 0.1) is 0 Å². The molecule has 0 bridgehead atoms. The molecule has 1 atom stereocenters.